The lowest BCUT2D eigenvalue weighted by atomic mass is 9.89. The molecule has 1 spiro atoms. The number of amides is 2. The molecule has 0 saturated carbocycles. The molecule has 0 bridgehead atoms. The number of aliphatic hydroxyl groups is 1. The van der Waals surface area contributed by atoms with Gasteiger partial charge in [-0.05, 0) is 66.6 Å². The minimum absolute atomic E-state index is 0.0826. The summed E-state index contributed by atoms with van der Waals surface area (Å²) in [4.78, 5) is 31.0. The second kappa shape index (κ2) is 10.2. The van der Waals surface area contributed by atoms with Crippen molar-refractivity contribution in [1.82, 2.24) is 9.62 Å². The molecule has 2 N–H and O–H groups in total. The molecule has 2 saturated heterocycles. The summed E-state index contributed by atoms with van der Waals surface area (Å²) in [5, 5.41) is 14.4. The first kappa shape index (κ1) is 26.5. The molecule has 2 aromatic rings. The molecule has 11 heteroatoms. The lowest BCUT2D eigenvalue weighted by Crippen LogP contribution is -2.47. The van der Waals surface area contributed by atoms with Gasteiger partial charge in [0.2, 0.25) is 5.91 Å². The van der Waals surface area contributed by atoms with Crippen LogP contribution < -0.4 is 10.2 Å². The fourth-order valence-electron chi connectivity index (χ4n) is 4.94. The van der Waals surface area contributed by atoms with Crippen molar-refractivity contribution in [3.63, 3.8) is 0 Å². The van der Waals surface area contributed by atoms with Crippen molar-refractivity contribution in [2.75, 3.05) is 24.5 Å². The number of hydrogen-bond acceptors (Lipinski definition) is 6. The van der Waals surface area contributed by atoms with Gasteiger partial charge in [-0.25, -0.2) is 4.31 Å². The summed E-state index contributed by atoms with van der Waals surface area (Å²) >= 11 is 1.53. The van der Waals surface area contributed by atoms with Crippen LogP contribution >= 0.6 is 11.9 Å². The Morgan fingerprint density at radius 2 is 1.92 bits per heavy atom. The maximum atomic E-state index is 13.1. The minimum Gasteiger partial charge on any atom is -0.391 e. The zero-order chi connectivity index (χ0) is 27.1. The van der Waals surface area contributed by atoms with E-state index >= 15 is 0 Å². The average molecular weight is 545 g/mol. The topological polar surface area (TPSA) is 85.2 Å². The van der Waals surface area contributed by atoms with E-state index in [1.807, 2.05) is 36.6 Å². The summed E-state index contributed by atoms with van der Waals surface area (Å²) in [6.07, 6.45) is -2.04. The number of carbonyl (C=O) groups excluding carboxylic acids is 2. The maximum Gasteiger partial charge on any atom is 0.416 e. The Kier molecular flexibility index (Phi) is 7.10. The molecule has 3 aliphatic heterocycles. The summed E-state index contributed by atoms with van der Waals surface area (Å²) < 4.78 is 41.4. The van der Waals surface area contributed by atoms with Crippen molar-refractivity contribution < 1.29 is 27.9 Å². The van der Waals surface area contributed by atoms with Gasteiger partial charge in [-0.3, -0.25) is 14.6 Å². The number of benzene rings is 2. The minimum atomic E-state index is -4.47. The highest BCUT2D eigenvalue weighted by molar-refractivity contribution is 8.00. The number of piperidine rings is 1. The average Bonchev–Trinajstić information content (AvgIpc) is 3.38. The van der Waals surface area contributed by atoms with Gasteiger partial charge in [0.05, 0.1) is 24.6 Å². The molecule has 0 aliphatic carbocycles. The number of alkyl halides is 3. The number of hydrogen-bond donors (Lipinski definition) is 2. The molecular formula is C27H27F3N4O3S. The van der Waals surface area contributed by atoms with E-state index in [4.69, 9.17) is 0 Å². The highest BCUT2D eigenvalue weighted by atomic mass is 32.2. The molecule has 2 fully saturated rings. The third-order valence-electron chi connectivity index (χ3n) is 7.12. The summed E-state index contributed by atoms with van der Waals surface area (Å²) in [6.45, 7) is 3.47. The van der Waals surface area contributed by atoms with E-state index in [0.717, 1.165) is 28.9 Å². The molecule has 0 radical (unpaired) electrons. The number of carbonyl (C=O) groups is 2. The highest BCUT2D eigenvalue weighted by Crippen LogP contribution is 2.35. The predicted molar refractivity (Wildman–Crippen MR) is 140 cm³/mol. The molecule has 1 unspecified atom stereocenters. The van der Waals surface area contributed by atoms with Gasteiger partial charge in [-0.15, -0.1) is 0 Å². The first-order chi connectivity index (χ1) is 18.0. The molecule has 2 aromatic carbocycles. The lowest BCUT2D eigenvalue weighted by molar-refractivity contribution is -0.137. The van der Waals surface area contributed by atoms with Crippen LogP contribution in [0.4, 0.5) is 18.9 Å². The summed E-state index contributed by atoms with van der Waals surface area (Å²) in [5.41, 5.74) is 1.29. The van der Waals surface area contributed by atoms with E-state index in [-0.39, 0.29) is 29.6 Å². The van der Waals surface area contributed by atoms with E-state index in [1.165, 1.54) is 24.1 Å². The van der Waals surface area contributed by atoms with Crippen LogP contribution in [0.5, 0.6) is 0 Å². The predicted octanol–water partition coefficient (Wildman–Crippen LogP) is 4.14. The molecule has 5 rings (SSSR count). The summed E-state index contributed by atoms with van der Waals surface area (Å²) in [6, 6.07) is 10.6. The number of aliphatic imine (C=N–C) groups is 1. The van der Waals surface area contributed by atoms with Gasteiger partial charge in [-0.1, -0.05) is 30.1 Å². The number of nitrogens with one attached hydrogen (secondary N) is 1. The van der Waals surface area contributed by atoms with Crippen LogP contribution in [-0.2, 0) is 15.8 Å². The van der Waals surface area contributed by atoms with Crippen molar-refractivity contribution in [1.29, 1.82) is 0 Å². The second-order valence-electron chi connectivity index (χ2n) is 9.77. The fourth-order valence-corrected chi connectivity index (χ4v) is 5.71. The summed E-state index contributed by atoms with van der Waals surface area (Å²) in [5.74, 6) is -0.170. The molecule has 3 aliphatic rings. The highest BCUT2D eigenvalue weighted by Gasteiger charge is 2.46. The molecule has 38 heavy (non-hydrogen) atoms. The number of anilines is 1. The zero-order valence-electron chi connectivity index (χ0n) is 20.7. The largest absolute Gasteiger partial charge is 0.416 e. The van der Waals surface area contributed by atoms with Gasteiger partial charge < -0.3 is 15.3 Å². The van der Waals surface area contributed by atoms with Crippen molar-refractivity contribution in [3.8, 4) is 0 Å². The Labute approximate surface area is 222 Å². The Bertz CT molecular complexity index is 1320. The molecule has 1 atom stereocenters. The number of aryl methyl sites for hydroxylation is 1. The smallest absolute Gasteiger partial charge is 0.391 e. The SMILES string of the molecule is Cc1cc(N2CC(O)CC2=O)ccc1/C=C/SN1CCC2(CC1)N=C(c1cccc(C(F)(F)F)c1)NC2=O. The third kappa shape index (κ3) is 5.36. The fraction of sp³-hybridized carbons (Fsp3) is 0.370. The molecule has 0 aromatic heterocycles. The summed E-state index contributed by atoms with van der Waals surface area (Å²) in [7, 11) is 0. The van der Waals surface area contributed by atoms with E-state index in [1.54, 1.807) is 4.90 Å². The molecule has 3 heterocycles. The molecule has 2 amide bonds. The van der Waals surface area contributed by atoms with Crippen LogP contribution in [0.2, 0.25) is 0 Å². The first-order valence-electron chi connectivity index (χ1n) is 12.3. The van der Waals surface area contributed by atoms with Crippen LogP contribution in [0.15, 0.2) is 52.9 Å². The quantitative estimate of drug-likeness (QED) is 0.553. The Hall–Kier alpha value is -3.15. The van der Waals surface area contributed by atoms with Gasteiger partial charge >= 0.3 is 6.18 Å². The van der Waals surface area contributed by atoms with Crippen LogP contribution in [0, 0.1) is 6.92 Å². The molecule has 200 valence electrons. The van der Waals surface area contributed by atoms with Gasteiger partial charge in [0.15, 0.2) is 0 Å². The van der Waals surface area contributed by atoms with Crippen molar-refractivity contribution >= 4 is 41.4 Å². The number of halogens is 3. The monoisotopic (exact) mass is 544 g/mol. The molecule has 7 nitrogen and oxygen atoms in total. The maximum absolute atomic E-state index is 13.1. The van der Waals surface area contributed by atoms with E-state index in [2.05, 4.69) is 14.6 Å². The van der Waals surface area contributed by atoms with Gasteiger partial charge in [0, 0.05) is 24.3 Å². The number of amidine groups is 1. The number of β-amino-alcohol motifs (C(OH)–C–C–N with tert-alkyl or cyclic N) is 1. The Balaban J connectivity index is 1.19. The van der Waals surface area contributed by atoms with Crippen LogP contribution in [0.3, 0.4) is 0 Å². The van der Waals surface area contributed by atoms with Crippen LogP contribution in [0.1, 0.15) is 41.5 Å². The lowest BCUT2D eigenvalue weighted by Gasteiger charge is -2.34. The first-order valence-corrected chi connectivity index (χ1v) is 13.1. The Morgan fingerprint density at radius 3 is 2.58 bits per heavy atom. The second-order valence-corrected chi connectivity index (χ2v) is 10.8. The van der Waals surface area contributed by atoms with E-state index in [9.17, 15) is 27.9 Å². The Morgan fingerprint density at radius 1 is 1.16 bits per heavy atom. The number of nitrogens with zero attached hydrogens (tertiary/aromatic N) is 3. The molecular weight excluding hydrogens is 517 g/mol. The van der Waals surface area contributed by atoms with Crippen molar-refractivity contribution in [2.45, 2.75) is 44.0 Å². The van der Waals surface area contributed by atoms with Crippen molar-refractivity contribution in [2.24, 2.45) is 4.99 Å². The van der Waals surface area contributed by atoms with E-state index in [0.29, 0.717) is 32.5 Å². The normalized spacial score (nSPS) is 22.0. The van der Waals surface area contributed by atoms with E-state index < -0.39 is 23.4 Å². The third-order valence-corrected chi connectivity index (χ3v) is 8.04. The van der Waals surface area contributed by atoms with Gasteiger partial charge in [0.1, 0.15) is 11.4 Å². The number of rotatable bonds is 5. The van der Waals surface area contributed by atoms with Gasteiger partial charge in [0.25, 0.3) is 5.91 Å². The van der Waals surface area contributed by atoms with Crippen LogP contribution in [-0.4, -0.2) is 58.3 Å². The number of aliphatic hydroxyl groups excluding tert-OH is 1. The zero-order valence-corrected chi connectivity index (χ0v) is 21.5. The van der Waals surface area contributed by atoms with Crippen molar-refractivity contribution in [3.05, 3.63) is 70.1 Å². The standard InChI is InChI=1S/C27H27F3N4O3S/c1-17-13-21(34-16-22(35)15-23(34)36)6-5-18(17)7-12-38-33-10-8-26(9-11-33)25(37)31-24(32-26)19-3-2-4-20(14-19)27(28,29)30/h2-7,12-14,22,35H,8-11,15-16H2,1H3,(H,31,32,37)/b12-7+. The van der Waals surface area contributed by atoms with Gasteiger partial charge in [-0.2, -0.15) is 13.2 Å². The van der Waals surface area contributed by atoms with Crippen LogP contribution in [0.25, 0.3) is 6.08 Å².